The van der Waals surface area contributed by atoms with E-state index in [9.17, 15) is 0 Å². The Morgan fingerprint density at radius 3 is 1.54 bits per heavy atom. The van der Waals surface area contributed by atoms with Gasteiger partial charge in [0.05, 0.1) is 46.5 Å². The molecule has 59 heavy (non-hydrogen) atoms. The Kier molecular flexibility index (Phi) is 8.56. The number of thiophene rings is 1. The van der Waals surface area contributed by atoms with Crippen molar-refractivity contribution >= 4 is 87.2 Å². The van der Waals surface area contributed by atoms with Gasteiger partial charge in [-0.3, -0.25) is 19.9 Å². The molecule has 0 atom stereocenters. The Bertz CT molecular complexity index is 3250. The zero-order valence-electron chi connectivity index (χ0n) is 31.7. The summed E-state index contributed by atoms with van der Waals surface area (Å²) >= 11 is 1.86. The molecular weight excluding hydrogens is 741 g/mol. The average molecular weight is 775 g/mol. The highest BCUT2D eigenvalue weighted by Gasteiger charge is 2.22. The second-order valence-corrected chi connectivity index (χ2v) is 15.4. The molecule has 0 amide bonds. The Morgan fingerprint density at radius 1 is 0.373 bits per heavy atom. The van der Waals surface area contributed by atoms with Crippen LogP contribution in [0, 0.1) is 0 Å². The van der Waals surface area contributed by atoms with Gasteiger partial charge in [-0.25, -0.2) is 0 Å². The highest BCUT2D eigenvalue weighted by Crippen LogP contribution is 2.48. The molecule has 0 saturated heterocycles. The maximum Gasteiger partial charge on any atom is 0.0701 e. The predicted molar refractivity (Wildman–Crippen MR) is 246 cm³/mol. The molecule has 0 aliphatic carbocycles. The normalized spacial score (nSPS) is 11.4. The van der Waals surface area contributed by atoms with E-state index in [1.807, 2.05) is 97.0 Å². The van der Waals surface area contributed by atoms with Gasteiger partial charge in [-0.1, -0.05) is 72.8 Å². The van der Waals surface area contributed by atoms with Gasteiger partial charge in [0.15, 0.2) is 0 Å². The summed E-state index contributed by atoms with van der Waals surface area (Å²) in [5.41, 5.74) is 10.2. The van der Waals surface area contributed by atoms with Crippen LogP contribution in [0.4, 0.5) is 34.1 Å². The summed E-state index contributed by atoms with van der Waals surface area (Å²) in [5, 5.41) is 7.14. The number of rotatable bonds is 8. The van der Waals surface area contributed by atoms with Crippen LogP contribution in [0.15, 0.2) is 207 Å². The van der Waals surface area contributed by atoms with Crippen molar-refractivity contribution < 1.29 is 0 Å². The van der Waals surface area contributed by atoms with Crippen LogP contribution < -0.4 is 9.80 Å². The molecule has 0 aliphatic rings. The molecule has 0 fully saturated rings. The monoisotopic (exact) mass is 774 g/mol. The fraction of sp³-hybridized carbons (Fsp3) is 0. The second-order valence-electron chi connectivity index (χ2n) is 14.4. The highest BCUT2D eigenvalue weighted by atomic mass is 32.1. The summed E-state index contributed by atoms with van der Waals surface area (Å²) in [4.78, 5) is 22.9. The second kappa shape index (κ2) is 14.6. The predicted octanol–water partition coefficient (Wildman–Crippen LogP) is 14.2. The molecule has 5 heterocycles. The van der Waals surface area contributed by atoms with E-state index >= 15 is 0 Å². The maximum absolute atomic E-state index is 4.59. The molecule has 6 aromatic carbocycles. The van der Waals surface area contributed by atoms with Gasteiger partial charge in [0.1, 0.15) is 0 Å². The van der Waals surface area contributed by atoms with Crippen LogP contribution in [0.2, 0.25) is 0 Å². The number of pyridine rings is 4. The summed E-state index contributed by atoms with van der Waals surface area (Å²) in [7, 11) is 0. The third-order valence-electron chi connectivity index (χ3n) is 10.9. The number of aromatic nitrogens is 4. The minimum atomic E-state index is 0.943. The van der Waals surface area contributed by atoms with E-state index in [1.165, 1.54) is 36.3 Å². The molecule has 7 heteroatoms. The number of benzene rings is 6. The lowest BCUT2D eigenvalue weighted by Gasteiger charge is -2.27. The molecule has 11 aromatic rings. The molecule has 6 nitrogen and oxygen atoms in total. The smallest absolute Gasteiger partial charge is 0.0701 e. The molecule has 0 saturated carbocycles. The molecule has 0 spiro atoms. The molecule has 0 unspecified atom stereocenters. The summed E-state index contributed by atoms with van der Waals surface area (Å²) in [5.74, 6) is 0. The molecule has 0 N–H and O–H groups in total. The van der Waals surface area contributed by atoms with Crippen molar-refractivity contribution in [3.05, 3.63) is 207 Å². The fourth-order valence-corrected chi connectivity index (χ4v) is 9.42. The lowest BCUT2D eigenvalue weighted by molar-refractivity contribution is 1.23. The first-order valence-electron chi connectivity index (χ1n) is 19.5. The summed E-state index contributed by atoms with van der Waals surface area (Å²) < 4.78 is 2.51. The molecular formula is C52H34N6S. The van der Waals surface area contributed by atoms with E-state index in [2.05, 4.69) is 151 Å². The van der Waals surface area contributed by atoms with E-state index < -0.39 is 0 Å². The third kappa shape index (κ3) is 6.21. The maximum atomic E-state index is 4.59. The van der Waals surface area contributed by atoms with E-state index in [4.69, 9.17) is 0 Å². The topological polar surface area (TPSA) is 58.0 Å². The van der Waals surface area contributed by atoms with Crippen molar-refractivity contribution in [2.75, 3.05) is 9.80 Å². The third-order valence-corrected chi connectivity index (χ3v) is 12.1. The van der Waals surface area contributed by atoms with Gasteiger partial charge in [-0.15, -0.1) is 11.3 Å². The number of anilines is 6. The Balaban J connectivity index is 1.11. The van der Waals surface area contributed by atoms with Gasteiger partial charge in [0, 0.05) is 83.6 Å². The van der Waals surface area contributed by atoms with Gasteiger partial charge < -0.3 is 9.80 Å². The first-order chi connectivity index (χ1) is 29.3. The van der Waals surface area contributed by atoms with Crippen LogP contribution in [0.5, 0.6) is 0 Å². The van der Waals surface area contributed by atoms with Gasteiger partial charge in [0.2, 0.25) is 0 Å². The van der Waals surface area contributed by atoms with Gasteiger partial charge in [-0.05, 0) is 102 Å². The molecule has 11 rings (SSSR count). The number of nitrogens with zero attached hydrogens (tertiary/aromatic N) is 6. The van der Waals surface area contributed by atoms with Gasteiger partial charge in [-0.2, -0.15) is 0 Å². The minimum Gasteiger partial charge on any atom is -0.308 e. The zero-order chi connectivity index (χ0) is 39.1. The lowest BCUT2D eigenvalue weighted by atomic mass is 10.00. The fourth-order valence-electron chi connectivity index (χ4n) is 8.17. The first kappa shape index (κ1) is 34.5. The van der Waals surface area contributed by atoms with Gasteiger partial charge in [0.25, 0.3) is 0 Å². The molecule has 5 aromatic heterocycles. The number of hydrogen-bond donors (Lipinski definition) is 0. The van der Waals surface area contributed by atoms with E-state index in [0.717, 1.165) is 62.0 Å². The number of fused-ring (bicyclic) bond motifs is 6. The largest absolute Gasteiger partial charge is 0.308 e. The lowest BCUT2D eigenvalue weighted by Crippen LogP contribution is -2.11. The van der Waals surface area contributed by atoms with E-state index in [-0.39, 0.29) is 0 Å². The van der Waals surface area contributed by atoms with Gasteiger partial charge >= 0.3 is 0 Å². The van der Waals surface area contributed by atoms with Crippen molar-refractivity contribution in [3.8, 4) is 22.5 Å². The van der Waals surface area contributed by atoms with Crippen LogP contribution >= 0.6 is 11.3 Å². The SMILES string of the molecule is c1ccc(-c2ccc(N(c3cccnc3)c3cccc4cc5sc6c7ccccc7c(N(c7ccc(-c8ccccn8)cc7)c7cccnc7)cc6c5cc34)cc2)nc1. The minimum absolute atomic E-state index is 0.943. The van der Waals surface area contributed by atoms with Crippen LogP contribution in [0.3, 0.4) is 0 Å². The molecule has 0 bridgehead atoms. The van der Waals surface area contributed by atoms with Crippen molar-refractivity contribution in [2.45, 2.75) is 0 Å². The van der Waals surface area contributed by atoms with Crippen molar-refractivity contribution in [1.82, 2.24) is 19.9 Å². The molecule has 0 radical (unpaired) electrons. The van der Waals surface area contributed by atoms with Crippen LogP contribution in [-0.2, 0) is 0 Å². The highest BCUT2D eigenvalue weighted by molar-refractivity contribution is 7.26. The Labute approximate surface area is 345 Å². The van der Waals surface area contributed by atoms with Crippen LogP contribution in [0.1, 0.15) is 0 Å². The first-order valence-corrected chi connectivity index (χ1v) is 20.3. The Hall–Kier alpha value is -7.74. The van der Waals surface area contributed by atoms with Crippen molar-refractivity contribution in [2.24, 2.45) is 0 Å². The summed E-state index contributed by atoms with van der Waals surface area (Å²) in [6.45, 7) is 0. The zero-order valence-corrected chi connectivity index (χ0v) is 32.5. The number of hydrogen-bond acceptors (Lipinski definition) is 7. The molecule has 278 valence electrons. The van der Waals surface area contributed by atoms with Crippen LogP contribution in [0.25, 0.3) is 64.2 Å². The molecule has 0 aliphatic heterocycles. The Morgan fingerprint density at radius 2 is 0.966 bits per heavy atom. The standard InChI is InChI=1S/C52H34N6S/c1-2-14-43-42(13-1)50(58(41-12-9-27-54-34-41)39-24-20-36(21-25-39)48-16-4-6-29-56-48)32-46-45-31-44-37(30-51(45)59-52(43)46)10-7-17-49(44)57(40-11-8-26-53-33-40)38-22-18-35(19-23-38)47-15-3-5-28-55-47/h1-34H. The summed E-state index contributed by atoms with van der Waals surface area (Å²) in [6.07, 6.45) is 11.2. The van der Waals surface area contributed by atoms with Crippen molar-refractivity contribution in [3.63, 3.8) is 0 Å². The summed E-state index contributed by atoms with van der Waals surface area (Å²) in [6, 6.07) is 60.0. The van der Waals surface area contributed by atoms with E-state index in [1.54, 1.807) is 0 Å². The average Bonchev–Trinajstić information content (AvgIpc) is 3.68. The van der Waals surface area contributed by atoms with E-state index in [0.29, 0.717) is 0 Å². The van der Waals surface area contributed by atoms with Crippen molar-refractivity contribution in [1.29, 1.82) is 0 Å². The quantitative estimate of drug-likeness (QED) is 0.153. The van der Waals surface area contributed by atoms with Crippen LogP contribution in [-0.4, -0.2) is 19.9 Å².